The smallest absolute Gasteiger partial charge is 0.0827 e. The Morgan fingerprint density at radius 2 is 2.16 bits per heavy atom. The van der Waals surface area contributed by atoms with E-state index in [-0.39, 0.29) is 0 Å². The van der Waals surface area contributed by atoms with E-state index >= 15 is 0 Å². The van der Waals surface area contributed by atoms with Gasteiger partial charge in [0.2, 0.25) is 0 Å². The lowest BCUT2D eigenvalue weighted by Crippen LogP contribution is -2.49. The number of morpholine rings is 1. The van der Waals surface area contributed by atoms with Gasteiger partial charge in [-0.15, -0.1) is 0 Å². The predicted octanol–water partition coefficient (Wildman–Crippen LogP) is 1.95. The van der Waals surface area contributed by atoms with Crippen molar-refractivity contribution in [1.29, 1.82) is 0 Å². The maximum Gasteiger partial charge on any atom is 0.0827 e. The number of nitrogens with zero attached hydrogens (tertiary/aromatic N) is 1. The first kappa shape index (κ1) is 13.1. The molecule has 0 amide bonds. The van der Waals surface area contributed by atoms with Gasteiger partial charge in [-0.3, -0.25) is 4.90 Å². The van der Waals surface area contributed by atoms with Crippen molar-refractivity contribution in [1.82, 2.24) is 10.2 Å². The molecule has 2 aliphatic heterocycles. The molecule has 2 heterocycles. The highest BCUT2D eigenvalue weighted by atomic mass is 16.5. The average molecular weight is 260 g/mol. The van der Waals surface area contributed by atoms with Crippen LogP contribution >= 0.6 is 0 Å². The minimum absolute atomic E-state index is 0.361. The zero-order valence-electron chi connectivity index (χ0n) is 11.8. The van der Waals surface area contributed by atoms with Crippen LogP contribution in [0.5, 0.6) is 0 Å². The van der Waals surface area contributed by atoms with E-state index < -0.39 is 0 Å². The summed E-state index contributed by atoms with van der Waals surface area (Å²) >= 11 is 0. The van der Waals surface area contributed by atoms with Crippen molar-refractivity contribution < 1.29 is 4.74 Å². The number of rotatable bonds is 4. The Balaban J connectivity index is 1.41. The van der Waals surface area contributed by atoms with E-state index in [4.69, 9.17) is 4.74 Å². The van der Waals surface area contributed by atoms with Crippen LogP contribution in [0.1, 0.15) is 24.0 Å². The standard InChI is InChI=1S/C16H24N2O/c1-13-4-6-14(7-5-13)9-17-10-16-11-18-8-2-3-15(18)12-19-16/h4-7,15-17H,2-3,8-12H2,1H3. The number of hydrogen-bond donors (Lipinski definition) is 1. The minimum Gasteiger partial charge on any atom is -0.374 e. The highest BCUT2D eigenvalue weighted by Gasteiger charge is 2.31. The molecular weight excluding hydrogens is 236 g/mol. The van der Waals surface area contributed by atoms with Gasteiger partial charge in [-0.2, -0.15) is 0 Å². The Labute approximate surface area is 115 Å². The average Bonchev–Trinajstić information content (AvgIpc) is 2.88. The highest BCUT2D eigenvalue weighted by Crippen LogP contribution is 2.22. The van der Waals surface area contributed by atoms with E-state index in [1.54, 1.807) is 0 Å². The van der Waals surface area contributed by atoms with E-state index in [1.807, 2.05) is 0 Å². The van der Waals surface area contributed by atoms with Crippen LogP contribution in [0.2, 0.25) is 0 Å². The molecule has 0 bridgehead atoms. The molecule has 0 saturated carbocycles. The van der Waals surface area contributed by atoms with Crippen molar-refractivity contribution in [3.05, 3.63) is 35.4 Å². The molecule has 1 N–H and O–H groups in total. The third-order valence-corrected chi connectivity index (χ3v) is 4.28. The molecule has 2 aliphatic rings. The van der Waals surface area contributed by atoms with Crippen LogP contribution < -0.4 is 5.32 Å². The number of fused-ring (bicyclic) bond motifs is 1. The zero-order chi connectivity index (χ0) is 13.1. The molecular formula is C16H24N2O. The highest BCUT2D eigenvalue weighted by molar-refractivity contribution is 5.21. The van der Waals surface area contributed by atoms with Gasteiger partial charge < -0.3 is 10.1 Å². The van der Waals surface area contributed by atoms with Crippen molar-refractivity contribution in [3.8, 4) is 0 Å². The van der Waals surface area contributed by atoms with Crippen molar-refractivity contribution in [2.45, 2.75) is 38.5 Å². The predicted molar refractivity (Wildman–Crippen MR) is 77.2 cm³/mol. The fourth-order valence-corrected chi connectivity index (χ4v) is 3.09. The summed E-state index contributed by atoms with van der Waals surface area (Å²) in [5.74, 6) is 0. The van der Waals surface area contributed by atoms with Crippen LogP contribution in [0, 0.1) is 6.92 Å². The molecule has 0 spiro atoms. The Hall–Kier alpha value is -0.900. The summed E-state index contributed by atoms with van der Waals surface area (Å²) in [5.41, 5.74) is 2.67. The second-order valence-electron chi connectivity index (χ2n) is 5.86. The SMILES string of the molecule is Cc1ccc(CNCC2CN3CCCC3CO2)cc1. The molecule has 2 unspecified atom stereocenters. The maximum absolute atomic E-state index is 5.94. The van der Waals surface area contributed by atoms with Crippen molar-refractivity contribution in [2.75, 3.05) is 26.2 Å². The fraction of sp³-hybridized carbons (Fsp3) is 0.625. The van der Waals surface area contributed by atoms with Crippen molar-refractivity contribution >= 4 is 0 Å². The van der Waals surface area contributed by atoms with E-state index in [1.165, 1.54) is 30.5 Å². The Morgan fingerprint density at radius 1 is 1.32 bits per heavy atom. The van der Waals surface area contributed by atoms with Crippen LogP contribution in [-0.4, -0.2) is 43.3 Å². The van der Waals surface area contributed by atoms with Crippen LogP contribution in [0.4, 0.5) is 0 Å². The molecule has 3 rings (SSSR count). The molecule has 0 aliphatic carbocycles. The van der Waals surface area contributed by atoms with Gasteiger partial charge in [0.05, 0.1) is 12.7 Å². The summed E-state index contributed by atoms with van der Waals surface area (Å²) in [7, 11) is 0. The largest absolute Gasteiger partial charge is 0.374 e. The Bertz CT molecular complexity index is 404. The van der Waals surface area contributed by atoms with E-state index in [0.29, 0.717) is 12.1 Å². The maximum atomic E-state index is 5.94. The lowest BCUT2D eigenvalue weighted by molar-refractivity contribution is -0.0470. The second kappa shape index (κ2) is 6.04. The molecule has 3 heteroatoms. The number of ether oxygens (including phenoxy) is 1. The molecule has 104 valence electrons. The summed E-state index contributed by atoms with van der Waals surface area (Å²) in [4.78, 5) is 2.60. The monoisotopic (exact) mass is 260 g/mol. The lowest BCUT2D eigenvalue weighted by atomic mass is 10.1. The van der Waals surface area contributed by atoms with Gasteiger partial charge in [0, 0.05) is 25.7 Å². The zero-order valence-corrected chi connectivity index (χ0v) is 11.8. The van der Waals surface area contributed by atoms with E-state index in [9.17, 15) is 0 Å². The normalized spacial score (nSPS) is 27.4. The van der Waals surface area contributed by atoms with Crippen LogP contribution in [0.25, 0.3) is 0 Å². The van der Waals surface area contributed by atoms with Gasteiger partial charge in [0.25, 0.3) is 0 Å². The summed E-state index contributed by atoms with van der Waals surface area (Å²) in [5, 5.41) is 3.52. The molecule has 19 heavy (non-hydrogen) atoms. The topological polar surface area (TPSA) is 24.5 Å². The van der Waals surface area contributed by atoms with Gasteiger partial charge in [0.1, 0.15) is 0 Å². The van der Waals surface area contributed by atoms with Gasteiger partial charge in [0.15, 0.2) is 0 Å². The summed E-state index contributed by atoms with van der Waals surface area (Å²) in [6.07, 6.45) is 3.03. The first-order valence-corrected chi connectivity index (χ1v) is 7.43. The number of benzene rings is 1. The van der Waals surface area contributed by atoms with Crippen LogP contribution in [-0.2, 0) is 11.3 Å². The van der Waals surface area contributed by atoms with Crippen LogP contribution in [0.15, 0.2) is 24.3 Å². The van der Waals surface area contributed by atoms with Crippen molar-refractivity contribution in [3.63, 3.8) is 0 Å². The third-order valence-electron chi connectivity index (χ3n) is 4.28. The first-order valence-electron chi connectivity index (χ1n) is 7.43. The molecule has 0 radical (unpaired) electrons. The summed E-state index contributed by atoms with van der Waals surface area (Å²) in [6, 6.07) is 9.43. The number of hydrogen-bond acceptors (Lipinski definition) is 3. The Kier molecular flexibility index (Phi) is 4.16. The van der Waals surface area contributed by atoms with Gasteiger partial charge >= 0.3 is 0 Å². The molecule has 2 fully saturated rings. The van der Waals surface area contributed by atoms with E-state index in [0.717, 1.165) is 26.2 Å². The van der Waals surface area contributed by atoms with Gasteiger partial charge in [-0.25, -0.2) is 0 Å². The van der Waals surface area contributed by atoms with Gasteiger partial charge in [-0.05, 0) is 31.9 Å². The summed E-state index contributed by atoms with van der Waals surface area (Å²) in [6.45, 7) is 7.31. The summed E-state index contributed by atoms with van der Waals surface area (Å²) < 4.78 is 5.94. The third kappa shape index (κ3) is 3.35. The molecule has 2 atom stereocenters. The van der Waals surface area contributed by atoms with Crippen LogP contribution in [0.3, 0.4) is 0 Å². The number of aryl methyl sites for hydroxylation is 1. The molecule has 1 aromatic rings. The molecule has 1 aromatic carbocycles. The quantitative estimate of drug-likeness (QED) is 0.895. The molecule has 0 aromatic heterocycles. The number of nitrogens with one attached hydrogen (secondary N) is 1. The lowest BCUT2D eigenvalue weighted by Gasteiger charge is -2.35. The Morgan fingerprint density at radius 3 is 3.00 bits per heavy atom. The molecule has 3 nitrogen and oxygen atoms in total. The van der Waals surface area contributed by atoms with Gasteiger partial charge in [-0.1, -0.05) is 29.8 Å². The second-order valence-corrected chi connectivity index (χ2v) is 5.86. The van der Waals surface area contributed by atoms with E-state index in [2.05, 4.69) is 41.4 Å². The minimum atomic E-state index is 0.361. The first-order chi connectivity index (χ1) is 9.31. The molecule has 2 saturated heterocycles. The fourth-order valence-electron chi connectivity index (χ4n) is 3.09. The van der Waals surface area contributed by atoms with Crippen molar-refractivity contribution in [2.24, 2.45) is 0 Å².